The van der Waals surface area contributed by atoms with Gasteiger partial charge in [0.15, 0.2) is 5.16 Å². The zero-order valence-electron chi connectivity index (χ0n) is 16.3. The van der Waals surface area contributed by atoms with Crippen LogP contribution in [0, 0.1) is 0 Å². The van der Waals surface area contributed by atoms with Crippen LogP contribution in [0.15, 0.2) is 82.8 Å². The maximum absolute atomic E-state index is 12.4. The first-order chi connectivity index (χ1) is 14.7. The van der Waals surface area contributed by atoms with Crippen LogP contribution in [-0.4, -0.2) is 27.8 Å². The van der Waals surface area contributed by atoms with Crippen molar-refractivity contribution < 1.29 is 13.9 Å². The van der Waals surface area contributed by atoms with Gasteiger partial charge in [-0.2, -0.15) is 0 Å². The number of carbonyl (C=O) groups excluding carboxylic acids is 1. The molecule has 152 valence electrons. The molecule has 4 aromatic rings. The minimum absolute atomic E-state index is 0.155. The Morgan fingerprint density at radius 3 is 2.63 bits per heavy atom. The van der Waals surface area contributed by atoms with Gasteiger partial charge in [0, 0.05) is 17.0 Å². The third kappa shape index (κ3) is 4.90. The molecule has 1 N–H and O–H groups in total. The number of nitrogens with one attached hydrogen (secondary N) is 1. The van der Waals surface area contributed by atoms with Gasteiger partial charge in [0.25, 0.3) is 5.91 Å². The highest BCUT2D eigenvalue weighted by molar-refractivity contribution is 7.98. The Hall–Kier alpha value is -3.52. The molecule has 30 heavy (non-hydrogen) atoms. The highest BCUT2D eigenvalue weighted by Gasteiger charge is 2.09. The van der Waals surface area contributed by atoms with Crippen LogP contribution < -0.4 is 10.1 Å². The standard InChI is InChI=1S/C22H20N4O3S/c1-28-19-10-8-18(9-11-19)24-21(27)17-6-4-16(5-7-17)14-30-22-25-23-15-26(22)13-20-3-2-12-29-20/h2-12,15H,13-14H2,1H3,(H,24,27). The highest BCUT2D eigenvalue weighted by atomic mass is 32.2. The van der Waals surface area contributed by atoms with E-state index in [1.54, 1.807) is 55.7 Å². The average molecular weight is 420 g/mol. The molecule has 0 aliphatic heterocycles. The lowest BCUT2D eigenvalue weighted by atomic mass is 10.1. The van der Waals surface area contributed by atoms with Crippen molar-refractivity contribution >= 4 is 23.4 Å². The lowest BCUT2D eigenvalue weighted by Gasteiger charge is -2.08. The number of carbonyl (C=O) groups is 1. The van der Waals surface area contributed by atoms with Gasteiger partial charge >= 0.3 is 0 Å². The molecule has 2 aromatic carbocycles. The minimum atomic E-state index is -0.155. The summed E-state index contributed by atoms with van der Waals surface area (Å²) in [6.07, 6.45) is 3.34. The highest BCUT2D eigenvalue weighted by Crippen LogP contribution is 2.22. The van der Waals surface area contributed by atoms with Gasteiger partial charge in [0.2, 0.25) is 0 Å². The summed E-state index contributed by atoms with van der Waals surface area (Å²) in [4.78, 5) is 12.4. The zero-order chi connectivity index (χ0) is 20.8. The first kappa shape index (κ1) is 19.8. The normalized spacial score (nSPS) is 10.7. The topological polar surface area (TPSA) is 82.2 Å². The number of ether oxygens (including phenoxy) is 1. The van der Waals surface area contributed by atoms with Crippen molar-refractivity contribution in [3.63, 3.8) is 0 Å². The van der Waals surface area contributed by atoms with Gasteiger partial charge in [0.05, 0.1) is 19.9 Å². The molecule has 1 amide bonds. The second kappa shape index (κ2) is 9.32. The monoisotopic (exact) mass is 420 g/mol. The molecular formula is C22H20N4O3S. The fraction of sp³-hybridized carbons (Fsp3) is 0.136. The van der Waals surface area contributed by atoms with E-state index >= 15 is 0 Å². The van der Waals surface area contributed by atoms with Crippen LogP contribution in [0.1, 0.15) is 21.7 Å². The molecule has 0 aliphatic carbocycles. The number of thioether (sulfide) groups is 1. The molecule has 8 heteroatoms. The van der Waals surface area contributed by atoms with E-state index in [2.05, 4.69) is 15.5 Å². The molecular weight excluding hydrogens is 400 g/mol. The van der Waals surface area contributed by atoms with Gasteiger partial charge < -0.3 is 19.0 Å². The lowest BCUT2D eigenvalue weighted by Crippen LogP contribution is -2.11. The van der Waals surface area contributed by atoms with Crippen molar-refractivity contribution in [1.29, 1.82) is 0 Å². The number of hydrogen-bond acceptors (Lipinski definition) is 6. The molecule has 0 aliphatic rings. The summed E-state index contributed by atoms with van der Waals surface area (Å²) in [5.74, 6) is 2.16. The number of benzene rings is 2. The van der Waals surface area contributed by atoms with E-state index in [0.29, 0.717) is 12.1 Å². The van der Waals surface area contributed by atoms with E-state index in [-0.39, 0.29) is 5.91 Å². The molecule has 7 nitrogen and oxygen atoms in total. The van der Waals surface area contributed by atoms with Crippen molar-refractivity contribution in [3.05, 3.63) is 90.1 Å². The quantitative estimate of drug-likeness (QED) is 0.424. The largest absolute Gasteiger partial charge is 0.497 e. The third-order valence-electron chi connectivity index (χ3n) is 4.42. The van der Waals surface area contributed by atoms with Crippen molar-refractivity contribution in [2.45, 2.75) is 17.5 Å². The van der Waals surface area contributed by atoms with E-state index < -0.39 is 0 Å². The molecule has 2 aromatic heterocycles. The van der Waals surface area contributed by atoms with Crippen molar-refractivity contribution in [1.82, 2.24) is 14.8 Å². The van der Waals surface area contributed by atoms with Gasteiger partial charge in [0.1, 0.15) is 17.8 Å². The van der Waals surface area contributed by atoms with E-state index in [1.165, 1.54) is 0 Å². The number of rotatable bonds is 8. The maximum Gasteiger partial charge on any atom is 0.255 e. The molecule has 0 radical (unpaired) electrons. The molecule has 0 saturated carbocycles. The van der Waals surface area contributed by atoms with Crippen LogP contribution >= 0.6 is 11.8 Å². The number of anilines is 1. The van der Waals surface area contributed by atoms with Gasteiger partial charge in [-0.05, 0) is 54.1 Å². The third-order valence-corrected chi connectivity index (χ3v) is 5.47. The molecule has 2 heterocycles. The van der Waals surface area contributed by atoms with E-state index in [9.17, 15) is 4.79 Å². The van der Waals surface area contributed by atoms with Gasteiger partial charge in [-0.25, -0.2) is 0 Å². The summed E-state index contributed by atoms with van der Waals surface area (Å²) >= 11 is 1.58. The smallest absolute Gasteiger partial charge is 0.255 e. The van der Waals surface area contributed by atoms with E-state index in [0.717, 1.165) is 33.7 Å². The molecule has 0 atom stereocenters. The van der Waals surface area contributed by atoms with Crippen molar-refractivity contribution in [3.8, 4) is 5.75 Å². The Bertz CT molecular complexity index is 1090. The Balaban J connectivity index is 1.33. The molecule has 0 saturated heterocycles. The number of methoxy groups -OCH3 is 1. The molecule has 0 fully saturated rings. The Morgan fingerprint density at radius 2 is 1.93 bits per heavy atom. The Labute approximate surface area is 178 Å². The Kier molecular flexibility index (Phi) is 6.14. The van der Waals surface area contributed by atoms with Crippen LogP contribution in [-0.2, 0) is 12.3 Å². The number of hydrogen-bond donors (Lipinski definition) is 1. The van der Waals surface area contributed by atoms with Gasteiger partial charge in [-0.3, -0.25) is 4.79 Å². The number of aromatic nitrogens is 3. The first-order valence-electron chi connectivity index (χ1n) is 9.28. The van der Waals surface area contributed by atoms with Crippen LogP contribution in [0.3, 0.4) is 0 Å². The molecule has 0 bridgehead atoms. The SMILES string of the molecule is COc1ccc(NC(=O)c2ccc(CSc3nncn3Cc3ccco3)cc2)cc1. The van der Waals surface area contributed by atoms with Gasteiger partial charge in [-0.15, -0.1) is 10.2 Å². The fourth-order valence-corrected chi connectivity index (χ4v) is 3.68. The number of furan rings is 1. The molecule has 4 rings (SSSR count). The van der Waals surface area contributed by atoms with E-state index in [4.69, 9.17) is 9.15 Å². The summed E-state index contributed by atoms with van der Waals surface area (Å²) in [6, 6.07) is 18.5. The zero-order valence-corrected chi connectivity index (χ0v) is 17.1. The predicted octanol–water partition coefficient (Wildman–Crippen LogP) is 4.47. The number of amides is 1. The van der Waals surface area contributed by atoms with Crippen LogP contribution in [0.4, 0.5) is 5.69 Å². The second-order valence-electron chi connectivity index (χ2n) is 6.49. The van der Waals surface area contributed by atoms with Crippen LogP contribution in [0.5, 0.6) is 5.75 Å². The van der Waals surface area contributed by atoms with Gasteiger partial charge in [-0.1, -0.05) is 23.9 Å². The summed E-state index contributed by atoms with van der Waals surface area (Å²) in [6.45, 7) is 0.590. The summed E-state index contributed by atoms with van der Waals surface area (Å²) in [5.41, 5.74) is 2.41. The summed E-state index contributed by atoms with van der Waals surface area (Å²) in [7, 11) is 1.61. The van der Waals surface area contributed by atoms with Crippen LogP contribution in [0.25, 0.3) is 0 Å². The second-order valence-corrected chi connectivity index (χ2v) is 7.43. The minimum Gasteiger partial charge on any atom is -0.497 e. The first-order valence-corrected chi connectivity index (χ1v) is 10.3. The molecule has 0 spiro atoms. The summed E-state index contributed by atoms with van der Waals surface area (Å²) in [5, 5.41) is 11.9. The Morgan fingerprint density at radius 1 is 1.13 bits per heavy atom. The van der Waals surface area contributed by atoms with E-state index in [1.807, 2.05) is 41.0 Å². The lowest BCUT2D eigenvalue weighted by molar-refractivity contribution is 0.102. The summed E-state index contributed by atoms with van der Waals surface area (Å²) < 4.78 is 12.5. The average Bonchev–Trinajstić information content (AvgIpc) is 3.45. The number of nitrogens with zero attached hydrogens (tertiary/aromatic N) is 3. The van der Waals surface area contributed by atoms with Crippen LogP contribution in [0.2, 0.25) is 0 Å². The van der Waals surface area contributed by atoms with Crippen molar-refractivity contribution in [2.75, 3.05) is 12.4 Å². The fourth-order valence-electron chi connectivity index (χ4n) is 2.81. The maximum atomic E-state index is 12.4. The predicted molar refractivity (Wildman–Crippen MR) is 115 cm³/mol. The van der Waals surface area contributed by atoms with Crippen molar-refractivity contribution in [2.24, 2.45) is 0 Å². The molecule has 0 unspecified atom stereocenters.